The van der Waals surface area contributed by atoms with Gasteiger partial charge in [-0.05, 0) is 34.1 Å². The first-order chi connectivity index (χ1) is 8.96. The van der Waals surface area contributed by atoms with E-state index in [9.17, 15) is 0 Å². The van der Waals surface area contributed by atoms with Crippen molar-refractivity contribution in [2.75, 3.05) is 18.0 Å². The highest BCUT2D eigenvalue weighted by molar-refractivity contribution is 5.35. The number of nitrogens with one attached hydrogen (secondary N) is 1. The molecule has 4 nitrogen and oxygen atoms in total. The zero-order chi connectivity index (χ0) is 13.9. The Morgan fingerprint density at radius 3 is 2.68 bits per heavy atom. The van der Waals surface area contributed by atoms with E-state index in [1.54, 1.807) is 0 Å². The van der Waals surface area contributed by atoms with Gasteiger partial charge in [-0.2, -0.15) is 0 Å². The van der Waals surface area contributed by atoms with Crippen molar-refractivity contribution in [1.82, 2.24) is 15.3 Å². The van der Waals surface area contributed by atoms with Crippen molar-refractivity contribution in [2.45, 2.75) is 46.2 Å². The third-order valence-corrected chi connectivity index (χ3v) is 3.22. The van der Waals surface area contributed by atoms with E-state index in [2.05, 4.69) is 60.0 Å². The molecule has 0 atom stereocenters. The van der Waals surface area contributed by atoms with Gasteiger partial charge in [-0.1, -0.05) is 12.2 Å². The van der Waals surface area contributed by atoms with Gasteiger partial charge in [0.05, 0.1) is 0 Å². The minimum Gasteiger partial charge on any atom is -0.337 e. The molecule has 0 aliphatic carbocycles. The third kappa shape index (κ3) is 4.03. The summed E-state index contributed by atoms with van der Waals surface area (Å²) in [4.78, 5) is 11.4. The molecule has 4 heteroatoms. The molecule has 1 aliphatic rings. The van der Waals surface area contributed by atoms with Crippen LogP contribution in [0.5, 0.6) is 0 Å². The number of nitrogens with zero attached hydrogens (tertiary/aromatic N) is 3. The predicted octanol–water partition coefficient (Wildman–Crippen LogP) is 2.44. The summed E-state index contributed by atoms with van der Waals surface area (Å²) >= 11 is 0. The highest BCUT2D eigenvalue weighted by atomic mass is 15.2. The fraction of sp³-hybridized carbons (Fsp3) is 0.600. The lowest BCUT2D eigenvalue weighted by Crippen LogP contribution is -2.35. The van der Waals surface area contributed by atoms with E-state index in [-0.39, 0.29) is 5.54 Å². The Balaban J connectivity index is 2.06. The van der Waals surface area contributed by atoms with Crippen molar-refractivity contribution >= 4 is 5.95 Å². The van der Waals surface area contributed by atoms with Crippen LogP contribution in [0.25, 0.3) is 0 Å². The summed E-state index contributed by atoms with van der Waals surface area (Å²) in [5.41, 5.74) is 2.35. The maximum atomic E-state index is 4.64. The van der Waals surface area contributed by atoms with Crippen LogP contribution in [0.3, 0.4) is 0 Å². The largest absolute Gasteiger partial charge is 0.337 e. The van der Waals surface area contributed by atoms with Crippen LogP contribution in [0.4, 0.5) is 5.95 Å². The highest BCUT2D eigenvalue weighted by Crippen LogP contribution is 2.14. The first kappa shape index (κ1) is 14.0. The molecule has 2 rings (SSSR count). The minimum atomic E-state index is 0.114. The van der Waals surface area contributed by atoms with E-state index < -0.39 is 0 Å². The summed E-state index contributed by atoms with van der Waals surface area (Å²) in [5.74, 6) is 0.848. The summed E-state index contributed by atoms with van der Waals surface area (Å²) in [6.45, 7) is 11.3. The van der Waals surface area contributed by atoms with Crippen LogP contribution in [0, 0.1) is 6.92 Å². The average Bonchev–Trinajstić information content (AvgIpc) is 2.37. The summed E-state index contributed by atoms with van der Waals surface area (Å²) in [6.07, 6.45) is 7.42. The predicted molar refractivity (Wildman–Crippen MR) is 79.3 cm³/mol. The first-order valence-corrected chi connectivity index (χ1v) is 6.93. The molecule has 104 valence electrons. The normalized spacial score (nSPS) is 15.9. The van der Waals surface area contributed by atoms with Crippen molar-refractivity contribution in [3.05, 3.63) is 29.6 Å². The molecule has 0 amide bonds. The highest BCUT2D eigenvalue weighted by Gasteiger charge is 2.13. The molecule has 0 bridgehead atoms. The van der Waals surface area contributed by atoms with Gasteiger partial charge >= 0.3 is 0 Å². The van der Waals surface area contributed by atoms with Gasteiger partial charge in [0, 0.05) is 42.6 Å². The molecule has 0 saturated carbocycles. The van der Waals surface area contributed by atoms with Gasteiger partial charge in [0.25, 0.3) is 0 Å². The zero-order valence-corrected chi connectivity index (χ0v) is 12.4. The van der Waals surface area contributed by atoms with Crippen LogP contribution in [-0.4, -0.2) is 28.6 Å². The molecule has 0 unspecified atom stereocenters. The minimum absolute atomic E-state index is 0.114. The molecule has 2 heterocycles. The van der Waals surface area contributed by atoms with Crippen LogP contribution in [-0.2, 0) is 6.54 Å². The molecule has 1 aliphatic heterocycles. The summed E-state index contributed by atoms with van der Waals surface area (Å²) in [7, 11) is 0. The molecule has 1 aromatic heterocycles. The molecule has 19 heavy (non-hydrogen) atoms. The second-order valence-corrected chi connectivity index (χ2v) is 6.09. The first-order valence-electron chi connectivity index (χ1n) is 6.93. The Morgan fingerprint density at radius 1 is 1.32 bits per heavy atom. The fourth-order valence-electron chi connectivity index (χ4n) is 1.99. The zero-order valence-electron chi connectivity index (χ0n) is 12.4. The van der Waals surface area contributed by atoms with Crippen molar-refractivity contribution < 1.29 is 0 Å². The molecule has 1 N–H and O–H groups in total. The Hall–Kier alpha value is -1.42. The monoisotopic (exact) mass is 260 g/mol. The lowest BCUT2D eigenvalue weighted by Gasteiger charge is -2.24. The van der Waals surface area contributed by atoms with Gasteiger partial charge in [-0.15, -0.1) is 0 Å². The second kappa shape index (κ2) is 5.70. The average molecular weight is 260 g/mol. The van der Waals surface area contributed by atoms with Crippen molar-refractivity contribution in [1.29, 1.82) is 0 Å². The van der Waals surface area contributed by atoms with Gasteiger partial charge < -0.3 is 10.2 Å². The van der Waals surface area contributed by atoms with Gasteiger partial charge in [0.2, 0.25) is 5.95 Å². The Bertz CT molecular complexity index is 460. The van der Waals surface area contributed by atoms with Crippen LogP contribution in [0.15, 0.2) is 18.3 Å². The topological polar surface area (TPSA) is 41.1 Å². The number of aromatic nitrogens is 2. The van der Waals surface area contributed by atoms with E-state index in [0.29, 0.717) is 0 Å². The van der Waals surface area contributed by atoms with Gasteiger partial charge in [-0.3, -0.25) is 0 Å². The SMILES string of the molecule is Cc1nc(N2CC=CCC2)ncc1CNC(C)(C)C. The van der Waals surface area contributed by atoms with E-state index in [4.69, 9.17) is 0 Å². The van der Waals surface area contributed by atoms with E-state index in [0.717, 1.165) is 37.7 Å². The van der Waals surface area contributed by atoms with Crippen LogP contribution >= 0.6 is 0 Å². The third-order valence-electron chi connectivity index (χ3n) is 3.22. The molecular formula is C15H24N4. The van der Waals surface area contributed by atoms with Crippen LogP contribution in [0.1, 0.15) is 38.4 Å². The van der Waals surface area contributed by atoms with Gasteiger partial charge in [-0.25, -0.2) is 9.97 Å². The maximum Gasteiger partial charge on any atom is 0.225 e. The number of rotatable bonds is 3. The van der Waals surface area contributed by atoms with Crippen LogP contribution < -0.4 is 10.2 Å². The second-order valence-electron chi connectivity index (χ2n) is 6.09. The Kier molecular flexibility index (Phi) is 4.20. The lowest BCUT2D eigenvalue weighted by atomic mass is 10.1. The molecule has 0 spiro atoms. The fourth-order valence-corrected chi connectivity index (χ4v) is 1.99. The maximum absolute atomic E-state index is 4.64. The smallest absolute Gasteiger partial charge is 0.225 e. The van der Waals surface area contributed by atoms with Gasteiger partial charge in [0.15, 0.2) is 0 Å². The van der Waals surface area contributed by atoms with E-state index in [1.165, 1.54) is 5.56 Å². The molecule has 1 aromatic rings. The van der Waals surface area contributed by atoms with Gasteiger partial charge in [0.1, 0.15) is 0 Å². The molecule has 0 saturated heterocycles. The number of aryl methyl sites for hydroxylation is 1. The number of hydrogen-bond acceptors (Lipinski definition) is 4. The number of hydrogen-bond donors (Lipinski definition) is 1. The standard InChI is InChI=1S/C15H24N4/c1-12-13(11-17-15(2,3)4)10-16-14(18-12)19-8-6-5-7-9-19/h5-6,10,17H,7-9,11H2,1-4H3. The summed E-state index contributed by atoms with van der Waals surface area (Å²) < 4.78 is 0. The van der Waals surface area contributed by atoms with E-state index in [1.807, 2.05) is 6.20 Å². The molecule has 0 aromatic carbocycles. The quantitative estimate of drug-likeness (QED) is 0.848. The Morgan fingerprint density at radius 2 is 2.11 bits per heavy atom. The summed E-state index contributed by atoms with van der Waals surface area (Å²) in [6, 6.07) is 0. The van der Waals surface area contributed by atoms with Crippen molar-refractivity contribution in [3.8, 4) is 0 Å². The lowest BCUT2D eigenvalue weighted by molar-refractivity contribution is 0.423. The van der Waals surface area contributed by atoms with Crippen molar-refractivity contribution in [2.24, 2.45) is 0 Å². The van der Waals surface area contributed by atoms with Crippen molar-refractivity contribution in [3.63, 3.8) is 0 Å². The number of anilines is 1. The molecule has 0 radical (unpaired) electrons. The van der Waals surface area contributed by atoms with E-state index >= 15 is 0 Å². The Labute approximate surface area is 115 Å². The van der Waals surface area contributed by atoms with Crippen LogP contribution in [0.2, 0.25) is 0 Å². The molecular weight excluding hydrogens is 236 g/mol. The molecule has 0 fully saturated rings. The summed E-state index contributed by atoms with van der Waals surface area (Å²) in [5, 5.41) is 3.47.